The lowest BCUT2D eigenvalue weighted by atomic mass is 10.0. The van der Waals surface area contributed by atoms with Crippen molar-refractivity contribution in [3.05, 3.63) is 90.0 Å². The van der Waals surface area contributed by atoms with E-state index in [0.29, 0.717) is 18.7 Å². The molecule has 29 heavy (non-hydrogen) atoms. The number of benzene rings is 3. The summed E-state index contributed by atoms with van der Waals surface area (Å²) < 4.78 is 5.52. The quantitative estimate of drug-likeness (QED) is 0.620. The maximum Gasteiger partial charge on any atom is 0.251 e. The van der Waals surface area contributed by atoms with Gasteiger partial charge in [-0.15, -0.1) is 0 Å². The van der Waals surface area contributed by atoms with Gasteiger partial charge in [-0.1, -0.05) is 42.5 Å². The summed E-state index contributed by atoms with van der Waals surface area (Å²) in [6.07, 6.45) is 0. The Morgan fingerprint density at radius 1 is 0.897 bits per heavy atom. The van der Waals surface area contributed by atoms with Crippen molar-refractivity contribution < 1.29 is 14.4 Å². The number of quaternary nitrogens is 1. The van der Waals surface area contributed by atoms with Crippen molar-refractivity contribution in [1.82, 2.24) is 5.32 Å². The summed E-state index contributed by atoms with van der Waals surface area (Å²) in [5.41, 5.74) is 4.09. The molecule has 0 aliphatic rings. The highest BCUT2D eigenvalue weighted by Gasteiger charge is 2.19. The smallest absolute Gasteiger partial charge is 0.251 e. The second-order valence-corrected chi connectivity index (χ2v) is 7.29. The normalized spacial score (nSPS) is 11.9. The lowest BCUT2D eigenvalue weighted by Gasteiger charge is -2.22. The molecule has 4 nitrogen and oxygen atoms in total. The van der Waals surface area contributed by atoms with Crippen LogP contribution in [0.1, 0.15) is 28.9 Å². The minimum absolute atomic E-state index is 0.0539. The fourth-order valence-corrected chi connectivity index (χ4v) is 3.36. The first-order chi connectivity index (χ1) is 14.1. The number of ether oxygens (including phenoxy) is 1. The van der Waals surface area contributed by atoms with Crippen LogP contribution in [0, 0.1) is 0 Å². The number of carbonyl (C=O) groups excluding carboxylic acids is 1. The Balaban J connectivity index is 1.64. The van der Waals surface area contributed by atoms with Crippen LogP contribution in [-0.2, 0) is 0 Å². The third-order valence-corrected chi connectivity index (χ3v) is 5.01. The lowest BCUT2D eigenvalue weighted by molar-refractivity contribution is -0.890. The van der Waals surface area contributed by atoms with E-state index in [2.05, 4.69) is 43.7 Å². The molecule has 0 unspecified atom stereocenters. The van der Waals surface area contributed by atoms with Gasteiger partial charge in [-0.3, -0.25) is 4.79 Å². The molecule has 1 amide bonds. The molecule has 0 aliphatic carbocycles. The Morgan fingerprint density at radius 3 is 2.10 bits per heavy atom. The highest BCUT2D eigenvalue weighted by Crippen LogP contribution is 2.19. The van der Waals surface area contributed by atoms with Gasteiger partial charge in [-0.25, -0.2) is 0 Å². The molecule has 2 N–H and O–H groups in total. The Labute approximate surface area is 173 Å². The Hall–Kier alpha value is -3.11. The molecule has 150 valence electrons. The van der Waals surface area contributed by atoms with Crippen molar-refractivity contribution in [2.45, 2.75) is 13.0 Å². The van der Waals surface area contributed by atoms with Crippen molar-refractivity contribution in [2.75, 3.05) is 27.2 Å². The van der Waals surface area contributed by atoms with Gasteiger partial charge in [0.2, 0.25) is 0 Å². The Morgan fingerprint density at radius 2 is 1.52 bits per heavy atom. The first-order valence-electron chi connectivity index (χ1n) is 10.0. The average Bonchev–Trinajstić information content (AvgIpc) is 2.75. The van der Waals surface area contributed by atoms with Crippen LogP contribution >= 0.6 is 0 Å². The van der Waals surface area contributed by atoms with E-state index in [9.17, 15) is 4.79 Å². The molecule has 0 aromatic heterocycles. The second kappa shape index (κ2) is 9.89. The van der Waals surface area contributed by atoms with E-state index in [4.69, 9.17) is 4.74 Å². The summed E-state index contributed by atoms with van der Waals surface area (Å²) in [7, 11) is 4.20. The number of rotatable bonds is 8. The predicted molar refractivity (Wildman–Crippen MR) is 117 cm³/mol. The monoisotopic (exact) mass is 389 g/mol. The van der Waals surface area contributed by atoms with E-state index in [-0.39, 0.29) is 11.9 Å². The van der Waals surface area contributed by atoms with Gasteiger partial charge in [0.15, 0.2) is 0 Å². The number of nitrogens with one attached hydrogen (secondary N) is 2. The summed E-state index contributed by atoms with van der Waals surface area (Å²) in [5.74, 6) is 0.813. The van der Waals surface area contributed by atoms with Crippen LogP contribution in [0.4, 0.5) is 0 Å². The highest BCUT2D eigenvalue weighted by atomic mass is 16.5. The average molecular weight is 390 g/mol. The van der Waals surface area contributed by atoms with Crippen molar-refractivity contribution in [1.29, 1.82) is 0 Å². The largest absolute Gasteiger partial charge is 0.494 e. The van der Waals surface area contributed by atoms with Crippen LogP contribution in [0.25, 0.3) is 11.1 Å². The van der Waals surface area contributed by atoms with Gasteiger partial charge in [-0.05, 0) is 54.4 Å². The highest BCUT2D eigenvalue weighted by molar-refractivity contribution is 5.94. The van der Waals surface area contributed by atoms with E-state index in [1.807, 2.05) is 61.5 Å². The topological polar surface area (TPSA) is 42.8 Å². The van der Waals surface area contributed by atoms with Crippen LogP contribution in [-0.4, -0.2) is 33.2 Å². The Bertz CT molecular complexity index is 904. The molecule has 0 saturated heterocycles. The molecule has 0 bridgehead atoms. The fourth-order valence-electron chi connectivity index (χ4n) is 3.36. The molecule has 0 radical (unpaired) electrons. The minimum Gasteiger partial charge on any atom is -0.494 e. The molecule has 4 heteroatoms. The summed E-state index contributed by atoms with van der Waals surface area (Å²) in [6, 6.07) is 26.2. The van der Waals surface area contributed by atoms with Gasteiger partial charge in [0.25, 0.3) is 5.91 Å². The number of likely N-dealkylation sites (N-methyl/N-ethyl adjacent to an activating group) is 1. The van der Waals surface area contributed by atoms with Gasteiger partial charge < -0.3 is 15.0 Å². The van der Waals surface area contributed by atoms with E-state index in [0.717, 1.165) is 16.9 Å². The molecule has 0 aliphatic heterocycles. The zero-order valence-corrected chi connectivity index (χ0v) is 17.3. The number of amides is 1. The van der Waals surface area contributed by atoms with Crippen LogP contribution in [0.5, 0.6) is 5.75 Å². The van der Waals surface area contributed by atoms with Gasteiger partial charge >= 0.3 is 0 Å². The molecule has 3 rings (SSSR count). The molecule has 0 heterocycles. The lowest BCUT2D eigenvalue weighted by Crippen LogP contribution is -3.07. The van der Waals surface area contributed by atoms with Gasteiger partial charge in [0.1, 0.15) is 11.8 Å². The van der Waals surface area contributed by atoms with Crippen molar-refractivity contribution >= 4 is 5.91 Å². The van der Waals surface area contributed by atoms with Gasteiger partial charge in [-0.2, -0.15) is 0 Å². The molecule has 1 atom stereocenters. The molecule has 0 spiro atoms. The van der Waals surface area contributed by atoms with E-state index < -0.39 is 0 Å². The zero-order valence-electron chi connectivity index (χ0n) is 17.3. The minimum atomic E-state index is -0.0539. The molecule has 3 aromatic rings. The van der Waals surface area contributed by atoms with Crippen molar-refractivity contribution in [2.24, 2.45) is 0 Å². The molecule has 0 saturated carbocycles. The number of hydrogen-bond donors (Lipinski definition) is 2. The number of carbonyl (C=O) groups is 1. The molecule has 3 aromatic carbocycles. The SMILES string of the molecule is CCOc1ccc([C@H](CNC(=O)c2ccc(-c3ccccc3)cc2)[NH+](C)C)cc1. The van der Waals surface area contributed by atoms with E-state index in [1.54, 1.807) is 0 Å². The Kier molecular flexibility index (Phi) is 7.04. The number of hydrogen-bond acceptors (Lipinski definition) is 2. The summed E-state index contributed by atoms with van der Waals surface area (Å²) in [5, 5.41) is 3.09. The molecule has 0 fully saturated rings. The second-order valence-electron chi connectivity index (χ2n) is 7.29. The zero-order chi connectivity index (χ0) is 20.6. The van der Waals surface area contributed by atoms with E-state index in [1.165, 1.54) is 10.5 Å². The van der Waals surface area contributed by atoms with Gasteiger partial charge in [0, 0.05) is 11.1 Å². The first-order valence-corrected chi connectivity index (χ1v) is 10.0. The summed E-state index contributed by atoms with van der Waals surface area (Å²) in [4.78, 5) is 13.9. The van der Waals surface area contributed by atoms with E-state index >= 15 is 0 Å². The predicted octanol–water partition coefficient (Wildman–Crippen LogP) is 3.37. The summed E-state index contributed by atoms with van der Waals surface area (Å²) >= 11 is 0. The van der Waals surface area contributed by atoms with Crippen LogP contribution in [0.3, 0.4) is 0 Å². The third-order valence-electron chi connectivity index (χ3n) is 5.01. The van der Waals surface area contributed by atoms with Crippen LogP contribution < -0.4 is 15.0 Å². The van der Waals surface area contributed by atoms with Gasteiger partial charge in [0.05, 0.1) is 27.2 Å². The third kappa shape index (κ3) is 5.46. The standard InChI is InChI=1S/C25H28N2O2/c1-4-29-23-16-14-21(15-17-23)24(27(2)3)18-26-25(28)22-12-10-20(11-13-22)19-8-6-5-7-9-19/h5-17,24H,4,18H2,1-3H3,(H,26,28)/p+1/t24-/m0/s1. The van der Waals surface area contributed by atoms with Crippen molar-refractivity contribution in [3.8, 4) is 16.9 Å². The maximum absolute atomic E-state index is 12.6. The van der Waals surface area contributed by atoms with Crippen molar-refractivity contribution in [3.63, 3.8) is 0 Å². The summed E-state index contributed by atoms with van der Waals surface area (Å²) in [6.45, 7) is 3.19. The first kappa shape index (κ1) is 20.6. The van der Waals surface area contributed by atoms with Crippen LogP contribution in [0.2, 0.25) is 0 Å². The maximum atomic E-state index is 12.6. The van der Waals surface area contributed by atoms with Crippen LogP contribution in [0.15, 0.2) is 78.9 Å². The fraction of sp³-hybridized carbons (Fsp3) is 0.240. The molecular weight excluding hydrogens is 360 g/mol. The molecular formula is C25H29N2O2+.